The maximum Gasteiger partial charge on any atom is 0.134 e. The molecular weight excluding hydrogens is 202 g/mol. The fourth-order valence-electron chi connectivity index (χ4n) is 2.34. The van der Waals surface area contributed by atoms with Crippen LogP contribution in [-0.2, 0) is 0 Å². The van der Waals surface area contributed by atoms with E-state index in [1.54, 1.807) is 0 Å². The largest absolute Gasteiger partial charge is 0.384 e. The molecule has 0 saturated heterocycles. The van der Waals surface area contributed by atoms with E-state index in [0.717, 1.165) is 37.7 Å². The van der Waals surface area contributed by atoms with Crippen molar-refractivity contribution in [1.29, 1.82) is 0 Å². The van der Waals surface area contributed by atoms with E-state index < -0.39 is 6.10 Å². The summed E-state index contributed by atoms with van der Waals surface area (Å²) in [6.07, 6.45) is 5.14. The van der Waals surface area contributed by atoms with Gasteiger partial charge in [0.05, 0.1) is 6.54 Å². The highest BCUT2D eigenvalue weighted by Crippen LogP contribution is 2.27. The van der Waals surface area contributed by atoms with Crippen molar-refractivity contribution in [2.24, 2.45) is 16.6 Å². The first-order valence-electron chi connectivity index (χ1n) is 6.11. The molecule has 0 spiro atoms. The van der Waals surface area contributed by atoms with E-state index in [9.17, 15) is 5.11 Å². The van der Waals surface area contributed by atoms with Gasteiger partial charge in [-0.15, -0.1) is 0 Å². The van der Waals surface area contributed by atoms with Crippen molar-refractivity contribution in [3.05, 3.63) is 11.8 Å². The monoisotopic (exact) mass is 223 g/mol. The molecule has 0 bridgehead atoms. The average Bonchev–Trinajstić information content (AvgIpc) is 2.78. The fourth-order valence-corrected chi connectivity index (χ4v) is 2.34. The Hall–Kier alpha value is -0.870. The molecule has 0 amide bonds. The summed E-state index contributed by atoms with van der Waals surface area (Å²) >= 11 is 0. The number of nitrogens with zero attached hydrogens (tertiary/aromatic N) is 2. The SMILES string of the molecule is CC1CC=C(N2CCN=C2C(O)CN)CC1. The summed E-state index contributed by atoms with van der Waals surface area (Å²) in [5, 5.41) is 9.79. The first kappa shape index (κ1) is 11.6. The van der Waals surface area contributed by atoms with Gasteiger partial charge in [0.25, 0.3) is 0 Å². The Morgan fingerprint density at radius 3 is 3.12 bits per heavy atom. The second-order valence-electron chi connectivity index (χ2n) is 4.72. The van der Waals surface area contributed by atoms with Crippen LogP contribution in [0.4, 0.5) is 0 Å². The van der Waals surface area contributed by atoms with E-state index in [0.29, 0.717) is 0 Å². The number of hydrogen-bond acceptors (Lipinski definition) is 4. The lowest BCUT2D eigenvalue weighted by atomic mass is 9.93. The average molecular weight is 223 g/mol. The fraction of sp³-hybridized carbons (Fsp3) is 0.750. The number of aliphatic imine (C=N–C) groups is 1. The molecule has 16 heavy (non-hydrogen) atoms. The van der Waals surface area contributed by atoms with Crippen LogP contribution in [-0.4, -0.2) is 41.6 Å². The molecule has 0 saturated carbocycles. The minimum atomic E-state index is -0.609. The van der Waals surface area contributed by atoms with E-state index in [4.69, 9.17) is 5.73 Å². The second-order valence-corrected chi connectivity index (χ2v) is 4.72. The number of nitrogens with two attached hydrogens (primary N) is 1. The third kappa shape index (κ3) is 2.28. The molecule has 2 rings (SSSR count). The van der Waals surface area contributed by atoms with E-state index in [1.165, 1.54) is 12.1 Å². The van der Waals surface area contributed by atoms with Gasteiger partial charge in [0.2, 0.25) is 0 Å². The molecule has 2 atom stereocenters. The molecule has 0 radical (unpaired) electrons. The van der Waals surface area contributed by atoms with Crippen molar-refractivity contribution in [2.45, 2.75) is 32.3 Å². The van der Waals surface area contributed by atoms with Crippen LogP contribution in [0, 0.1) is 5.92 Å². The second kappa shape index (κ2) is 4.97. The summed E-state index contributed by atoms with van der Waals surface area (Å²) in [6.45, 7) is 4.20. The van der Waals surface area contributed by atoms with Crippen molar-refractivity contribution < 1.29 is 5.11 Å². The van der Waals surface area contributed by atoms with Crippen LogP contribution in [0.25, 0.3) is 0 Å². The lowest BCUT2D eigenvalue weighted by molar-refractivity contribution is 0.235. The molecule has 3 N–H and O–H groups in total. The van der Waals surface area contributed by atoms with Gasteiger partial charge in [-0.05, 0) is 25.2 Å². The maximum atomic E-state index is 9.79. The zero-order valence-corrected chi connectivity index (χ0v) is 9.89. The van der Waals surface area contributed by atoms with Gasteiger partial charge in [0.15, 0.2) is 0 Å². The molecule has 1 aliphatic heterocycles. The van der Waals surface area contributed by atoms with Gasteiger partial charge in [-0.3, -0.25) is 4.99 Å². The molecule has 0 aromatic rings. The van der Waals surface area contributed by atoms with Crippen LogP contribution in [0.1, 0.15) is 26.2 Å². The van der Waals surface area contributed by atoms with Crippen molar-refractivity contribution in [1.82, 2.24) is 4.90 Å². The number of aliphatic hydroxyl groups is 1. The first-order valence-corrected chi connectivity index (χ1v) is 6.11. The summed E-state index contributed by atoms with van der Waals surface area (Å²) in [5.41, 5.74) is 6.81. The van der Waals surface area contributed by atoms with Crippen LogP contribution in [0.2, 0.25) is 0 Å². The smallest absolute Gasteiger partial charge is 0.134 e. The quantitative estimate of drug-likeness (QED) is 0.741. The van der Waals surface area contributed by atoms with Crippen molar-refractivity contribution >= 4 is 5.84 Å². The van der Waals surface area contributed by atoms with Crippen LogP contribution in [0.3, 0.4) is 0 Å². The molecule has 1 aliphatic carbocycles. The molecular formula is C12H21N3O. The molecule has 90 valence electrons. The van der Waals surface area contributed by atoms with Crippen molar-refractivity contribution in [2.75, 3.05) is 19.6 Å². The van der Waals surface area contributed by atoms with Gasteiger partial charge in [0.1, 0.15) is 11.9 Å². The molecule has 4 nitrogen and oxygen atoms in total. The molecule has 0 aromatic heterocycles. The van der Waals surface area contributed by atoms with Crippen LogP contribution in [0.5, 0.6) is 0 Å². The molecule has 0 aromatic carbocycles. The molecule has 4 heteroatoms. The van der Waals surface area contributed by atoms with Crippen molar-refractivity contribution in [3.8, 4) is 0 Å². The molecule has 2 unspecified atom stereocenters. The summed E-state index contributed by atoms with van der Waals surface area (Å²) in [6, 6.07) is 0. The molecule has 0 fully saturated rings. The number of hydrogen-bond donors (Lipinski definition) is 2. The summed E-state index contributed by atoms with van der Waals surface area (Å²) in [7, 11) is 0. The van der Waals surface area contributed by atoms with Gasteiger partial charge in [-0.1, -0.05) is 13.0 Å². The Balaban J connectivity index is 2.07. The highest BCUT2D eigenvalue weighted by molar-refractivity contribution is 5.89. The number of aliphatic hydroxyl groups excluding tert-OH is 1. The normalized spacial score (nSPS) is 27.7. The maximum absolute atomic E-state index is 9.79. The Labute approximate surface area is 96.8 Å². The van der Waals surface area contributed by atoms with Crippen molar-refractivity contribution in [3.63, 3.8) is 0 Å². The minimum absolute atomic E-state index is 0.249. The van der Waals surface area contributed by atoms with Gasteiger partial charge in [-0.2, -0.15) is 0 Å². The van der Waals surface area contributed by atoms with E-state index in [2.05, 4.69) is 22.9 Å². The van der Waals surface area contributed by atoms with Gasteiger partial charge in [0, 0.05) is 18.8 Å². The first-order chi connectivity index (χ1) is 7.72. The molecule has 2 aliphatic rings. The third-order valence-electron chi connectivity index (χ3n) is 3.39. The summed E-state index contributed by atoms with van der Waals surface area (Å²) < 4.78 is 0. The Morgan fingerprint density at radius 1 is 1.69 bits per heavy atom. The standard InChI is InChI=1S/C12H21N3O/c1-9-2-4-10(5-3-9)15-7-6-14-12(15)11(16)8-13/h4,9,11,16H,2-3,5-8,13H2,1H3. The zero-order valence-electron chi connectivity index (χ0n) is 9.89. The number of rotatable bonds is 3. The van der Waals surface area contributed by atoms with Gasteiger partial charge < -0.3 is 15.7 Å². The topological polar surface area (TPSA) is 61.8 Å². The Bertz CT molecular complexity index is 311. The number of allylic oxidation sites excluding steroid dienone is 2. The summed E-state index contributed by atoms with van der Waals surface area (Å²) in [5.74, 6) is 1.55. The highest BCUT2D eigenvalue weighted by Gasteiger charge is 2.26. The van der Waals surface area contributed by atoms with E-state index >= 15 is 0 Å². The minimum Gasteiger partial charge on any atom is -0.384 e. The highest BCUT2D eigenvalue weighted by atomic mass is 16.3. The van der Waals surface area contributed by atoms with Crippen LogP contribution in [0.15, 0.2) is 16.8 Å². The van der Waals surface area contributed by atoms with Gasteiger partial charge >= 0.3 is 0 Å². The predicted octanol–water partition coefficient (Wildman–Crippen LogP) is 0.724. The van der Waals surface area contributed by atoms with Gasteiger partial charge in [-0.25, -0.2) is 0 Å². The van der Waals surface area contributed by atoms with E-state index in [1.807, 2.05) is 0 Å². The summed E-state index contributed by atoms with van der Waals surface area (Å²) in [4.78, 5) is 6.51. The third-order valence-corrected chi connectivity index (χ3v) is 3.39. The predicted molar refractivity (Wildman–Crippen MR) is 65.2 cm³/mol. The van der Waals surface area contributed by atoms with E-state index in [-0.39, 0.29) is 6.54 Å². The number of amidine groups is 1. The Kier molecular flexibility index (Phi) is 3.61. The zero-order chi connectivity index (χ0) is 11.5. The lowest BCUT2D eigenvalue weighted by Crippen LogP contribution is -2.40. The lowest BCUT2D eigenvalue weighted by Gasteiger charge is -2.29. The van der Waals surface area contributed by atoms with Crippen LogP contribution < -0.4 is 5.73 Å². The Morgan fingerprint density at radius 2 is 2.50 bits per heavy atom. The molecule has 1 heterocycles. The van der Waals surface area contributed by atoms with Crippen LogP contribution >= 0.6 is 0 Å².